The molecule has 0 N–H and O–H groups in total. The van der Waals surface area contributed by atoms with Crippen LogP contribution in [-0.2, 0) is 33.3 Å². The summed E-state index contributed by atoms with van der Waals surface area (Å²) < 4.78 is 22.9. The number of likely N-dealkylation sites (N-methyl/N-ethyl adjacent to an activating group) is 1. The first kappa shape index (κ1) is 89.2. The molecule has 93 heavy (non-hydrogen) atoms. The molecule has 538 valence electrons. The van der Waals surface area contributed by atoms with E-state index in [0.717, 1.165) is 77.0 Å². The van der Waals surface area contributed by atoms with E-state index in [0.29, 0.717) is 17.4 Å². The van der Waals surface area contributed by atoms with E-state index in [9.17, 15) is 19.5 Å². The molecule has 0 rings (SSSR count). The summed E-state index contributed by atoms with van der Waals surface area (Å²) in [4.78, 5) is 37.6. The van der Waals surface area contributed by atoms with Crippen LogP contribution in [0.2, 0.25) is 0 Å². The molecule has 0 saturated carbocycles. The second kappa shape index (κ2) is 74.0. The van der Waals surface area contributed by atoms with E-state index in [2.05, 4.69) is 111 Å². The lowest BCUT2D eigenvalue weighted by molar-refractivity contribution is -0.870. The Kier molecular flexibility index (Phi) is 71.0. The van der Waals surface area contributed by atoms with Gasteiger partial charge in [0.05, 0.1) is 40.3 Å². The highest BCUT2D eigenvalue weighted by molar-refractivity contribution is 5.70. The SMILES string of the molecule is CC/C=C\C/C=C\C/C=C\C/C=C\C/C=C\CCCCCCCCCCCCCCCCCCCCCCCCCCCC(=O)OC(COC(=O)CCCCCCCCCCCCCC/C=C\C/C=C\C/C=C\CCCCCCC)COC(OCC[N+](C)(C)C)C(=O)[O-]. The second-order valence-corrected chi connectivity index (χ2v) is 27.6. The lowest BCUT2D eigenvalue weighted by atomic mass is 10.0. The number of allylic oxidation sites excluding steroid dienone is 16. The molecule has 0 aliphatic heterocycles. The maximum absolute atomic E-state index is 13.0. The molecule has 0 saturated heterocycles. The van der Waals surface area contributed by atoms with Gasteiger partial charge in [-0.25, -0.2) is 0 Å². The molecule has 0 fully saturated rings. The van der Waals surface area contributed by atoms with Crippen LogP contribution >= 0.6 is 0 Å². The van der Waals surface area contributed by atoms with Gasteiger partial charge in [0, 0.05) is 12.8 Å². The number of hydrogen-bond acceptors (Lipinski definition) is 8. The summed E-state index contributed by atoms with van der Waals surface area (Å²) in [7, 11) is 5.94. The number of hydrogen-bond donors (Lipinski definition) is 0. The highest BCUT2D eigenvalue weighted by Crippen LogP contribution is 2.19. The Morgan fingerprint density at radius 3 is 0.914 bits per heavy atom. The molecule has 9 heteroatoms. The zero-order chi connectivity index (χ0) is 67.5. The van der Waals surface area contributed by atoms with Crippen molar-refractivity contribution < 1.29 is 42.9 Å². The van der Waals surface area contributed by atoms with Gasteiger partial charge in [-0.15, -0.1) is 0 Å². The van der Waals surface area contributed by atoms with Crippen LogP contribution in [0, 0.1) is 0 Å². The quantitative estimate of drug-likeness (QED) is 0.0195. The molecule has 0 aliphatic rings. The van der Waals surface area contributed by atoms with E-state index in [1.54, 1.807) is 0 Å². The van der Waals surface area contributed by atoms with Crippen LogP contribution in [0.5, 0.6) is 0 Å². The third kappa shape index (κ3) is 75.5. The van der Waals surface area contributed by atoms with E-state index < -0.39 is 24.3 Å². The molecule has 0 aromatic rings. The molecule has 0 radical (unpaired) electrons. The number of unbranched alkanes of at least 4 members (excludes halogenated alkanes) is 42. The lowest BCUT2D eigenvalue weighted by Crippen LogP contribution is -2.44. The molecular formula is C84H149NO8. The van der Waals surface area contributed by atoms with Crippen LogP contribution in [0.25, 0.3) is 0 Å². The van der Waals surface area contributed by atoms with Gasteiger partial charge in [-0.1, -0.05) is 349 Å². The van der Waals surface area contributed by atoms with Crippen molar-refractivity contribution in [3.05, 3.63) is 97.2 Å². The normalized spacial score (nSPS) is 13.2. The number of carbonyl (C=O) groups is 3. The summed E-state index contributed by atoms with van der Waals surface area (Å²) >= 11 is 0. The predicted molar refractivity (Wildman–Crippen MR) is 398 cm³/mol. The Morgan fingerprint density at radius 2 is 0.613 bits per heavy atom. The van der Waals surface area contributed by atoms with Crippen LogP contribution in [0.15, 0.2) is 97.2 Å². The highest BCUT2D eigenvalue weighted by atomic mass is 16.7. The summed E-state index contributed by atoms with van der Waals surface area (Å²) in [5.41, 5.74) is 0. The average molecular weight is 1300 g/mol. The molecule has 0 aliphatic carbocycles. The zero-order valence-corrected chi connectivity index (χ0v) is 61.6. The molecule has 0 aromatic carbocycles. The van der Waals surface area contributed by atoms with E-state index in [-0.39, 0.29) is 38.6 Å². The monoisotopic (exact) mass is 1300 g/mol. The highest BCUT2D eigenvalue weighted by Gasteiger charge is 2.22. The van der Waals surface area contributed by atoms with Gasteiger partial charge in [-0.05, 0) is 96.3 Å². The Labute approximate surface area is 575 Å². The Balaban J connectivity index is 3.98. The summed E-state index contributed by atoms with van der Waals surface area (Å²) in [5, 5.41) is 11.9. The summed E-state index contributed by atoms with van der Waals surface area (Å²) in [6, 6.07) is 0. The van der Waals surface area contributed by atoms with Crippen molar-refractivity contribution in [3.63, 3.8) is 0 Å². The Morgan fingerprint density at radius 1 is 0.333 bits per heavy atom. The number of nitrogens with zero attached hydrogens (tertiary/aromatic N) is 1. The number of rotatable bonds is 73. The number of carboxylic acids is 1. The van der Waals surface area contributed by atoms with Gasteiger partial charge < -0.3 is 33.3 Å². The Bertz CT molecular complexity index is 1850. The topological polar surface area (TPSA) is 111 Å². The minimum absolute atomic E-state index is 0.147. The first-order valence-corrected chi connectivity index (χ1v) is 39.4. The van der Waals surface area contributed by atoms with Crippen molar-refractivity contribution >= 4 is 17.9 Å². The number of ether oxygens (including phenoxy) is 4. The summed E-state index contributed by atoms with van der Waals surface area (Å²) in [6.07, 6.45) is 99.5. The first-order valence-electron chi connectivity index (χ1n) is 39.4. The van der Waals surface area contributed by atoms with Crippen molar-refractivity contribution in [2.24, 2.45) is 0 Å². The van der Waals surface area contributed by atoms with E-state index in [1.165, 1.54) is 250 Å². The number of esters is 2. The molecular weight excluding hydrogens is 1150 g/mol. The van der Waals surface area contributed by atoms with Crippen LogP contribution in [-0.4, -0.2) is 82.3 Å². The number of carboxylic acid groups (broad SMARTS) is 1. The van der Waals surface area contributed by atoms with Gasteiger partial charge in [0.1, 0.15) is 13.2 Å². The van der Waals surface area contributed by atoms with Crippen LogP contribution < -0.4 is 5.11 Å². The standard InChI is InChI=1S/C84H149NO8/c1-6-8-10-12-14-16-18-20-22-24-26-28-30-32-34-35-36-37-38-39-40-41-42-43-44-45-46-47-49-51-53-55-57-59-61-63-65-67-69-71-73-75-82(87)93-80(79-92-84(83(88)89)90-77-76-85(3,4)5)78-91-81(86)74-72-70-68-66-64-62-60-58-56-54-52-50-48-33-31-29-27-25-23-21-19-17-15-13-11-9-7-2/h8,10,14,16,19-22,25-28,31-34,80,84H,6-7,9,11-13,15,17-18,23-24,29-30,35-79H2,1-5H3/b10-8-,16-14-,21-19-,22-20-,27-25-,28-26-,33-31-,34-32-. The van der Waals surface area contributed by atoms with Crippen molar-refractivity contribution in [1.82, 2.24) is 0 Å². The van der Waals surface area contributed by atoms with Gasteiger partial charge in [0.25, 0.3) is 0 Å². The van der Waals surface area contributed by atoms with E-state index in [1.807, 2.05) is 21.1 Å². The van der Waals surface area contributed by atoms with Crippen molar-refractivity contribution in [3.8, 4) is 0 Å². The lowest BCUT2D eigenvalue weighted by Gasteiger charge is -2.26. The molecule has 9 nitrogen and oxygen atoms in total. The molecule has 0 aromatic heterocycles. The van der Waals surface area contributed by atoms with E-state index in [4.69, 9.17) is 18.9 Å². The smallest absolute Gasteiger partial charge is 0.306 e. The maximum atomic E-state index is 13.0. The third-order valence-electron chi connectivity index (χ3n) is 17.3. The fraction of sp³-hybridized carbons (Fsp3) is 0.774. The molecule has 0 heterocycles. The molecule has 0 spiro atoms. The van der Waals surface area contributed by atoms with Crippen molar-refractivity contribution in [2.45, 2.75) is 373 Å². The van der Waals surface area contributed by atoms with Crippen LogP contribution in [0.4, 0.5) is 0 Å². The largest absolute Gasteiger partial charge is 0.545 e. The van der Waals surface area contributed by atoms with Crippen LogP contribution in [0.3, 0.4) is 0 Å². The van der Waals surface area contributed by atoms with Gasteiger partial charge >= 0.3 is 11.9 Å². The fourth-order valence-corrected chi connectivity index (χ4v) is 11.3. The third-order valence-corrected chi connectivity index (χ3v) is 17.3. The fourth-order valence-electron chi connectivity index (χ4n) is 11.3. The molecule has 2 unspecified atom stereocenters. The zero-order valence-electron chi connectivity index (χ0n) is 61.6. The van der Waals surface area contributed by atoms with Gasteiger partial charge in [-0.2, -0.15) is 0 Å². The first-order chi connectivity index (χ1) is 45.6. The van der Waals surface area contributed by atoms with Crippen molar-refractivity contribution in [1.29, 1.82) is 0 Å². The average Bonchev–Trinajstić information content (AvgIpc) is 3.38. The van der Waals surface area contributed by atoms with Gasteiger partial charge in [0.15, 0.2) is 12.4 Å². The predicted octanol–water partition coefficient (Wildman–Crippen LogP) is 23.8. The van der Waals surface area contributed by atoms with Gasteiger partial charge in [0.2, 0.25) is 0 Å². The van der Waals surface area contributed by atoms with Crippen molar-refractivity contribution in [2.75, 3.05) is 47.5 Å². The Hall–Kier alpha value is -3.79. The van der Waals surface area contributed by atoms with E-state index >= 15 is 0 Å². The maximum Gasteiger partial charge on any atom is 0.306 e. The molecule has 0 bridgehead atoms. The summed E-state index contributed by atoms with van der Waals surface area (Å²) in [5.74, 6) is -2.27. The molecule has 0 amide bonds. The minimum Gasteiger partial charge on any atom is -0.545 e. The second-order valence-electron chi connectivity index (χ2n) is 27.6. The number of quaternary nitrogens is 1. The van der Waals surface area contributed by atoms with Crippen LogP contribution in [0.1, 0.15) is 361 Å². The minimum atomic E-state index is -1.62. The molecule has 2 atom stereocenters. The number of carbonyl (C=O) groups excluding carboxylic acids is 3. The van der Waals surface area contributed by atoms with Gasteiger partial charge in [-0.3, -0.25) is 9.59 Å². The summed E-state index contributed by atoms with van der Waals surface area (Å²) in [6.45, 7) is 4.67. The number of aliphatic carboxylic acids is 1.